The monoisotopic (exact) mass is 335 g/mol. The van der Waals surface area contributed by atoms with Crippen LogP contribution in [0.3, 0.4) is 0 Å². The molecule has 4 aromatic heterocycles. The molecule has 7 heteroatoms. The normalized spacial score (nSPS) is 11.0. The van der Waals surface area contributed by atoms with Crippen LogP contribution in [0.25, 0.3) is 27.5 Å². The van der Waals surface area contributed by atoms with E-state index in [1.165, 1.54) is 6.20 Å². The minimum absolute atomic E-state index is 0.349. The average Bonchev–Trinajstić information content (AvgIpc) is 3.20. The van der Waals surface area contributed by atoms with Crippen LogP contribution >= 0.6 is 11.3 Å². The highest BCUT2D eigenvalue weighted by Crippen LogP contribution is 2.32. The van der Waals surface area contributed by atoms with Gasteiger partial charge in [0.15, 0.2) is 0 Å². The smallest absolute Gasteiger partial charge is 0.267 e. The van der Waals surface area contributed by atoms with Gasteiger partial charge < -0.3 is 5.73 Å². The van der Waals surface area contributed by atoms with Crippen molar-refractivity contribution < 1.29 is 4.79 Å². The maximum atomic E-state index is 11.6. The molecule has 0 atom stereocenters. The number of amides is 1. The van der Waals surface area contributed by atoms with Crippen molar-refractivity contribution in [3.63, 3.8) is 0 Å². The zero-order chi connectivity index (χ0) is 16.7. The molecule has 0 radical (unpaired) electrons. The third-order valence-electron chi connectivity index (χ3n) is 3.70. The molecule has 24 heavy (non-hydrogen) atoms. The molecule has 0 aliphatic rings. The van der Waals surface area contributed by atoms with Crippen molar-refractivity contribution in [2.45, 2.75) is 6.92 Å². The Kier molecular flexibility index (Phi) is 3.35. The summed E-state index contributed by atoms with van der Waals surface area (Å²) in [4.78, 5) is 24.8. The number of nitrogens with two attached hydrogens (primary N) is 1. The number of aryl methyl sites for hydroxylation is 1. The molecule has 4 aromatic rings. The summed E-state index contributed by atoms with van der Waals surface area (Å²) < 4.78 is 1.70. The van der Waals surface area contributed by atoms with Gasteiger partial charge in [-0.05, 0) is 25.1 Å². The van der Waals surface area contributed by atoms with Gasteiger partial charge in [-0.25, -0.2) is 9.97 Å². The van der Waals surface area contributed by atoms with Crippen molar-refractivity contribution in [1.29, 1.82) is 0 Å². The Morgan fingerprint density at radius 1 is 1.25 bits per heavy atom. The second-order valence-corrected chi connectivity index (χ2v) is 6.21. The van der Waals surface area contributed by atoms with Gasteiger partial charge in [-0.3, -0.25) is 14.2 Å². The van der Waals surface area contributed by atoms with Gasteiger partial charge in [0.05, 0.1) is 6.20 Å². The number of carbonyl (C=O) groups is 1. The van der Waals surface area contributed by atoms with E-state index in [9.17, 15) is 4.79 Å². The molecule has 0 aliphatic carbocycles. The summed E-state index contributed by atoms with van der Waals surface area (Å²) in [5, 5.41) is 2.86. The van der Waals surface area contributed by atoms with E-state index in [1.807, 2.05) is 42.8 Å². The van der Waals surface area contributed by atoms with E-state index >= 15 is 0 Å². The molecule has 118 valence electrons. The summed E-state index contributed by atoms with van der Waals surface area (Å²) >= 11 is 1.56. The highest BCUT2D eigenvalue weighted by molar-refractivity contribution is 7.13. The van der Waals surface area contributed by atoms with Crippen molar-refractivity contribution in [3.05, 3.63) is 59.6 Å². The van der Waals surface area contributed by atoms with Gasteiger partial charge in [-0.2, -0.15) is 0 Å². The topological polar surface area (TPSA) is 86.2 Å². The van der Waals surface area contributed by atoms with Gasteiger partial charge in [-0.1, -0.05) is 6.07 Å². The Balaban J connectivity index is 1.92. The predicted octanol–water partition coefficient (Wildman–Crippen LogP) is 2.93. The molecule has 0 unspecified atom stereocenters. The summed E-state index contributed by atoms with van der Waals surface area (Å²) in [6, 6.07) is 7.67. The van der Waals surface area contributed by atoms with Gasteiger partial charge in [0.25, 0.3) is 5.91 Å². The number of carbonyl (C=O) groups excluding carboxylic acids is 1. The van der Waals surface area contributed by atoms with Crippen LogP contribution in [0.1, 0.15) is 16.2 Å². The third kappa shape index (κ3) is 2.35. The van der Waals surface area contributed by atoms with Crippen LogP contribution in [0.2, 0.25) is 0 Å². The Morgan fingerprint density at radius 2 is 2.12 bits per heavy atom. The fourth-order valence-electron chi connectivity index (χ4n) is 2.59. The molecule has 0 saturated heterocycles. The fourth-order valence-corrected chi connectivity index (χ4v) is 3.40. The predicted molar refractivity (Wildman–Crippen MR) is 92.8 cm³/mol. The fraction of sp³-hybridized carbons (Fsp3) is 0.0588. The highest BCUT2D eigenvalue weighted by Gasteiger charge is 2.14. The summed E-state index contributed by atoms with van der Waals surface area (Å²) in [6.07, 6.45) is 5.08. The molecule has 6 nitrogen and oxygen atoms in total. The molecule has 2 N–H and O–H groups in total. The number of hydrogen-bond donors (Lipinski definition) is 1. The molecule has 4 heterocycles. The molecule has 1 amide bonds. The average molecular weight is 335 g/mol. The maximum Gasteiger partial charge on any atom is 0.267 e. The lowest BCUT2D eigenvalue weighted by Crippen LogP contribution is -2.13. The summed E-state index contributed by atoms with van der Waals surface area (Å²) in [6.45, 7) is 1.96. The first-order valence-corrected chi connectivity index (χ1v) is 8.16. The minimum atomic E-state index is -0.512. The second kappa shape index (κ2) is 5.54. The quantitative estimate of drug-likeness (QED) is 0.624. The van der Waals surface area contributed by atoms with E-state index in [0.29, 0.717) is 11.3 Å². The largest absolute Gasteiger partial charge is 0.364 e. The van der Waals surface area contributed by atoms with Gasteiger partial charge in [0.1, 0.15) is 22.0 Å². The lowest BCUT2D eigenvalue weighted by Gasteiger charge is -2.08. The Bertz CT molecular complexity index is 1070. The number of thiazole rings is 1. The number of nitrogens with zero attached hydrogens (tertiary/aromatic N) is 4. The van der Waals surface area contributed by atoms with Crippen molar-refractivity contribution >= 4 is 22.9 Å². The van der Waals surface area contributed by atoms with Crippen LogP contribution in [-0.4, -0.2) is 25.3 Å². The number of hydrogen-bond acceptors (Lipinski definition) is 5. The number of rotatable bonds is 3. The Labute approximate surface area is 141 Å². The van der Waals surface area contributed by atoms with E-state index in [-0.39, 0.29) is 0 Å². The maximum absolute atomic E-state index is 11.6. The second-order valence-electron chi connectivity index (χ2n) is 5.35. The zero-order valence-corrected chi connectivity index (χ0v) is 13.6. The molecule has 0 saturated carbocycles. The van der Waals surface area contributed by atoms with Gasteiger partial charge >= 0.3 is 0 Å². The summed E-state index contributed by atoms with van der Waals surface area (Å²) in [7, 11) is 0. The third-order valence-corrected chi connectivity index (χ3v) is 4.67. The number of pyridine rings is 2. The standard InChI is InChI=1S/C17H13N5OS/c1-10-9-24-17(21-10)15-12(3-2-6-19-15)11-4-5-14-20-7-13(16(18)23)22(14)8-11/h2-9H,1H3,(H2,18,23). The van der Waals surface area contributed by atoms with Crippen molar-refractivity contribution in [1.82, 2.24) is 19.4 Å². The number of imidazole rings is 1. The molecule has 0 aromatic carbocycles. The highest BCUT2D eigenvalue weighted by atomic mass is 32.1. The zero-order valence-electron chi connectivity index (χ0n) is 12.8. The molecular weight excluding hydrogens is 322 g/mol. The van der Waals surface area contributed by atoms with Crippen molar-refractivity contribution in [3.8, 4) is 21.8 Å². The van der Waals surface area contributed by atoms with Gasteiger partial charge in [0.2, 0.25) is 0 Å². The number of primary amides is 1. The summed E-state index contributed by atoms with van der Waals surface area (Å²) in [5.41, 5.74) is 10.1. The summed E-state index contributed by atoms with van der Waals surface area (Å²) in [5.74, 6) is -0.512. The van der Waals surface area contributed by atoms with Crippen LogP contribution in [0, 0.1) is 6.92 Å². The van der Waals surface area contributed by atoms with Crippen LogP contribution in [0.15, 0.2) is 48.2 Å². The van der Waals surface area contributed by atoms with Crippen molar-refractivity contribution in [2.24, 2.45) is 5.73 Å². The lowest BCUT2D eigenvalue weighted by molar-refractivity contribution is 0.0995. The van der Waals surface area contributed by atoms with E-state index in [2.05, 4.69) is 15.0 Å². The van der Waals surface area contributed by atoms with Gasteiger partial charge in [-0.15, -0.1) is 11.3 Å². The first-order chi connectivity index (χ1) is 11.6. The molecule has 0 spiro atoms. The molecule has 0 aliphatic heterocycles. The lowest BCUT2D eigenvalue weighted by atomic mass is 10.1. The van der Waals surface area contributed by atoms with Crippen LogP contribution in [-0.2, 0) is 0 Å². The Hall–Kier alpha value is -3.06. The van der Waals surface area contributed by atoms with Crippen molar-refractivity contribution in [2.75, 3.05) is 0 Å². The van der Waals surface area contributed by atoms with E-state index in [4.69, 9.17) is 5.73 Å². The molecule has 0 bridgehead atoms. The minimum Gasteiger partial charge on any atom is -0.364 e. The number of aromatic nitrogens is 4. The van der Waals surface area contributed by atoms with E-state index < -0.39 is 5.91 Å². The van der Waals surface area contributed by atoms with E-state index in [1.54, 1.807) is 21.9 Å². The molecular formula is C17H13N5OS. The van der Waals surface area contributed by atoms with Crippen LogP contribution < -0.4 is 5.73 Å². The number of fused-ring (bicyclic) bond motifs is 1. The molecule has 4 rings (SSSR count). The van der Waals surface area contributed by atoms with Crippen LogP contribution in [0.5, 0.6) is 0 Å². The van der Waals surface area contributed by atoms with E-state index in [0.717, 1.165) is 27.5 Å². The molecule has 0 fully saturated rings. The first-order valence-electron chi connectivity index (χ1n) is 7.28. The van der Waals surface area contributed by atoms with Crippen LogP contribution in [0.4, 0.5) is 0 Å². The van der Waals surface area contributed by atoms with Gasteiger partial charge in [0, 0.05) is 34.6 Å². The first kappa shape index (κ1) is 14.5. The Morgan fingerprint density at radius 3 is 2.88 bits per heavy atom. The SMILES string of the molecule is Cc1csc(-c2ncccc2-c2ccc3ncc(C(N)=O)n3c2)n1.